The van der Waals surface area contributed by atoms with Crippen molar-refractivity contribution in [2.24, 2.45) is 0 Å². The van der Waals surface area contributed by atoms with E-state index in [1.54, 1.807) is 6.07 Å². The molecule has 0 amide bonds. The van der Waals surface area contributed by atoms with Gasteiger partial charge in [-0.2, -0.15) is 0 Å². The quantitative estimate of drug-likeness (QED) is 0.874. The minimum Gasteiger partial charge on any atom is -0.392 e. The standard InChI is InChI=1S/C11H15ClN2O3S/c12-10-7-13-11(6-9(10)8-15)14-2-1-4-18(16,17)5-3-14/h6-7,15H,1-5,8H2. The van der Waals surface area contributed by atoms with E-state index in [1.165, 1.54) is 6.20 Å². The Balaban J connectivity index is 2.21. The van der Waals surface area contributed by atoms with Gasteiger partial charge in [-0.3, -0.25) is 0 Å². The highest BCUT2D eigenvalue weighted by atomic mass is 35.5. The average molecular weight is 291 g/mol. The third-order valence-electron chi connectivity index (χ3n) is 2.97. The molecule has 0 radical (unpaired) electrons. The number of hydrogen-bond donors (Lipinski definition) is 1. The maximum absolute atomic E-state index is 11.5. The summed E-state index contributed by atoms with van der Waals surface area (Å²) >= 11 is 5.88. The number of rotatable bonds is 2. The molecule has 1 aliphatic rings. The SMILES string of the molecule is O=S1(=O)CCCN(c2cc(CO)c(Cl)cn2)CC1. The maximum atomic E-state index is 11.5. The van der Waals surface area contributed by atoms with E-state index in [2.05, 4.69) is 4.98 Å². The molecule has 1 saturated heterocycles. The summed E-state index contributed by atoms with van der Waals surface area (Å²) in [5.74, 6) is 1.04. The lowest BCUT2D eigenvalue weighted by Gasteiger charge is -2.21. The second kappa shape index (κ2) is 5.42. The molecule has 0 aromatic carbocycles. The molecule has 2 rings (SSSR count). The lowest BCUT2D eigenvalue weighted by atomic mass is 10.2. The van der Waals surface area contributed by atoms with E-state index in [1.807, 2.05) is 4.90 Å². The van der Waals surface area contributed by atoms with E-state index in [0.29, 0.717) is 35.9 Å². The van der Waals surface area contributed by atoms with Crippen molar-refractivity contribution in [2.75, 3.05) is 29.5 Å². The van der Waals surface area contributed by atoms with Crippen molar-refractivity contribution in [1.82, 2.24) is 4.98 Å². The summed E-state index contributed by atoms with van der Waals surface area (Å²) in [7, 11) is -2.93. The van der Waals surface area contributed by atoms with Gasteiger partial charge in [-0.05, 0) is 12.5 Å². The Kier molecular flexibility index (Phi) is 4.09. The van der Waals surface area contributed by atoms with Crippen LogP contribution in [0.1, 0.15) is 12.0 Å². The van der Waals surface area contributed by atoms with Gasteiger partial charge in [0.1, 0.15) is 5.82 Å². The van der Waals surface area contributed by atoms with E-state index in [4.69, 9.17) is 16.7 Å². The van der Waals surface area contributed by atoms with Gasteiger partial charge < -0.3 is 10.0 Å². The van der Waals surface area contributed by atoms with Crippen molar-refractivity contribution >= 4 is 27.3 Å². The topological polar surface area (TPSA) is 70.5 Å². The summed E-state index contributed by atoms with van der Waals surface area (Å²) in [5, 5.41) is 9.57. The minimum absolute atomic E-state index is 0.145. The van der Waals surface area contributed by atoms with Crippen LogP contribution in [0.15, 0.2) is 12.3 Å². The highest BCUT2D eigenvalue weighted by molar-refractivity contribution is 7.91. The molecule has 0 unspecified atom stereocenters. The van der Waals surface area contributed by atoms with Gasteiger partial charge in [0, 0.05) is 24.8 Å². The highest BCUT2D eigenvalue weighted by Crippen LogP contribution is 2.21. The summed E-state index contributed by atoms with van der Waals surface area (Å²) in [6.45, 7) is 0.932. The van der Waals surface area contributed by atoms with Crippen LogP contribution in [0.2, 0.25) is 5.02 Å². The molecule has 7 heteroatoms. The fraction of sp³-hybridized carbons (Fsp3) is 0.545. The molecule has 0 atom stereocenters. The van der Waals surface area contributed by atoms with Crippen LogP contribution in [0.4, 0.5) is 5.82 Å². The molecule has 1 fully saturated rings. The number of nitrogens with zero attached hydrogens (tertiary/aromatic N) is 2. The zero-order chi connectivity index (χ0) is 13.2. The Hall–Kier alpha value is -0.850. The fourth-order valence-corrected chi connectivity index (χ4v) is 3.36. The Labute approximate surface area is 111 Å². The first-order valence-electron chi connectivity index (χ1n) is 5.72. The average Bonchev–Trinajstić information content (AvgIpc) is 2.51. The van der Waals surface area contributed by atoms with Crippen LogP contribution in [-0.2, 0) is 16.4 Å². The second-order valence-corrected chi connectivity index (χ2v) is 7.00. The number of aliphatic hydroxyl groups excluding tert-OH is 1. The van der Waals surface area contributed by atoms with Crippen LogP contribution >= 0.6 is 11.6 Å². The first kappa shape index (κ1) is 13.6. The van der Waals surface area contributed by atoms with Gasteiger partial charge in [-0.15, -0.1) is 0 Å². The van der Waals surface area contributed by atoms with Gasteiger partial charge >= 0.3 is 0 Å². The van der Waals surface area contributed by atoms with Crippen LogP contribution in [-0.4, -0.2) is 43.1 Å². The molecule has 2 heterocycles. The molecule has 1 aliphatic heterocycles. The number of pyridine rings is 1. The molecular formula is C11H15ClN2O3S. The van der Waals surface area contributed by atoms with Crippen LogP contribution in [0.3, 0.4) is 0 Å². The summed E-state index contributed by atoms with van der Waals surface area (Å²) in [4.78, 5) is 6.10. The molecule has 0 bridgehead atoms. The Morgan fingerprint density at radius 2 is 2.17 bits per heavy atom. The van der Waals surface area contributed by atoms with Crippen LogP contribution in [0.25, 0.3) is 0 Å². The number of halogens is 1. The van der Waals surface area contributed by atoms with Gasteiger partial charge in [0.2, 0.25) is 0 Å². The second-order valence-electron chi connectivity index (χ2n) is 4.28. The number of aliphatic hydroxyl groups is 1. The Morgan fingerprint density at radius 1 is 1.39 bits per heavy atom. The normalized spacial score (nSPS) is 19.6. The summed E-state index contributed by atoms with van der Waals surface area (Å²) in [5.41, 5.74) is 0.605. The van der Waals surface area contributed by atoms with Crippen LogP contribution in [0, 0.1) is 0 Å². The van der Waals surface area contributed by atoms with Gasteiger partial charge in [0.05, 0.1) is 23.1 Å². The third kappa shape index (κ3) is 3.13. The number of anilines is 1. The lowest BCUT2D eigenvalue weighted by Crippen LogP contribution is -2.27. The molecule has 0 spiro atoms. The van der Waals surface area contributed by atoms with Crippen molar-refractivity contribution < 1.29 is 13.5 Å². The van der Waals surface area contributed by atoms with Crippen LogP contribution < -0.4 is 4.90 Å². The third-order valence-corrected chi connectivity index (χ3v) is 5.03. The summed E-state index contributed by atoms with van der Waals surface area (Å²) in [6.07, 6.45) is 2.09. The molecule has 0 aliphatic carbocycles. The van der Waals surface area contributed by atoms with Crippen LogP contribution in [0.5, 0.6) is 0 Å². The molecule has 1 aromatic rings. The van der Waals surface area contributed by atoms with E-state index < -0.39 is 9.84 Å². The van der Waals surface area contributed by atoms with Gasteiger partial charge in [0.25, 0.3) is 0 Å². The first-order chi connectivity index (χ1) is 8.52. The molecule has 5 nitrogen and oxygen atoms in total. The van der Waals surface area contributed by atoms with Crippen molar-refractivity contribution in [3.8, 4) is 0 Å². The molecule has 1 N–H and O–H groups in total. The van der Waals surface area contributed by atoms with Crippen molar-refractivity contribution in [2.45, 2.75) is 13.0 Å². The predicted molar refractivity (Wildman–Crippen MR) is 70.7 cm³/mol. The molecule has 18 heavy (non-hydrogen) atoms. The van der Waals surface area contributed by atoms with E-state index >= 15 is 0 Å². The number of hydrogen-bond acceptors (Lipinski definition) is 5. The summed E-state index contributed by atoms with van der Waals surface area (Å²) in [6, 6.07) is 1.71. The molecule has 0 saturated carbocycles. The van der Waals surface area contributed by atoms with Gasteiger partial charge in [-0.1, -0.05) is 11.6 Å². The summed E-state index contributed by atoms with van der Waals surface area (Å²) < 4.78 is 23.0. The van der Waals surface area contributed by atoms with E-state index in [-0.39, 0.29) is 18.1 Å². The minimum atomic E-state index is -2.93. The lowest BCUT2D eigenvalue weighted by molar-refractivity contribution is 0.282. The smallest absolute Gasteiger partial charge is 0.152 e. The first-order valence-corrected chi connectivity index (χ1v) is 7.92. The molecule has 100 valence electrons. The van der Waals surface area contributed by atoms with E-state index in [0.717, 1.165) is 0 Å². The Morgan fingerprint density at radius 3 is 2.89 bits per heavy atom. The predicted octanol–water partition coefficient (Wildman–Crippen LogP) is 0.852. The van der Waals surface area contributed by atoms with Gasteiger partial charge in [-0.25, -0.2) is 13.4 Å². The maximum Gasteiger partial charge on any atom is 0.152 e. The van der Waals surface area contributed by atoms with Crippen molar-refractivity contribution in [3.05, 3.63) is 22.8 Å². The fourth-order valence-electron chi connectivity index (χ4n) is 1.93. The van der Waals surface area contributed by atoms with Crippen molar-refractivity contribution in [3.63, 3.8) is 0 Å². The molecular weight excluding hydrogens is 276 g/mol. The Bertz CT molecular complexity index is 533. The number of sulfone groups is 1. The largest absolute Gasteiger partial charge is 0.392 e. The highest BCUT2D eigenvalue weighted by Gasteiger charge is 2.20. The van der Waals surface area contributed by atoms with Crippen molar-refractivity contribution in [1.29, 1.82) is 0 Å². The zero-order valence-corrected chi connectivity index (χ0v) is 11.4. The monoisotopic (exact) mass is 290 g/mol. The number of aromatic nitrogens is 1. The van der Waals surface area contributed by atoms with Gasteiger partial charge in [0.15, 0.2) is 9.84 Å². The zero-order valence-electron chi connectivity index (χ0n) is 9.84. The molecule has 1 aromatic heterocycles. The van der Waals surface area contributed by atoms with E-state index in [9.17, 15) is 8.42 Å².